The Labute approximate surface area is 180 Å². The highest BCUT2D eigenvalue weighted by Crippen LogP contribution is 2.48. The summed E-state index contributed by atoms with van der Waals surface area (Å²) in [6, 6.07) is 8.01. The van der Waals surface area contributed by atoms with Gasteiger partial charge in [0.05, 0.1) is 28.9 Å². The van der Waals surface area contributed by atoms with Crippen molar-refractivity contribution in [1.82, 2.24) is 10.2 Å². The summed E-state index contributed by atoms with van der Waals surface area (Å²) in [6.45, 7) is 11.9. The van der Waals surface area contributed by atoms with Gasteiger partial charge >= 0.3 is 0 Å². The predicted octanol–water partition coefficient (Wildman–Crippen LogP) is 4.94. The van der Waals surface area contributed by atoms with Crippen molar-refractivity contribution in [2.75, 3.05) is 7.11 Å². The van der Waals surface area contributed by atoms with Crippen molar-refractivity contribution < 1.29 is 9.47 Å². The van der Waals surface area contributed by atoms with E-state index < -0.39 is 0 Å². The van der Waals surface area contributed by atoms with E-state index in [4.69, 9.17) is 21.8 Å². The molecule has 0 aliphatic carbocycles. The first-order valence-electron chi connectivity index (χ1n) is 8.48. The molecule has 0 fully saturated rings. The highest BCUT2D eigenvalue weighted by Gasteiger charge is 2.36. The normalized spacial score (nSPS) is 15.8. The Hall–Kier alpha value is -2.51. The van der Waals surface area contributed by atoms with Crippen LogP contribution in [0.3, 0.4) is 0 Å². The Balaban J connectivity index is 1.96. The van der Waals surface area contributed by atoms with Crippen molar-refractivity contribution >= 4 is 33.9 Å². The van der Waals surface area contributed by atoms with Crippen LogP contribution in [0.4, 0.5) is 0 Å². The highest BCUT2D eigenvalue weighted by atomic mass is 127. The zero-order valence-electron chi connectivity index (χ0n) is 15.5. The van der Waals surface area contributed by atoms with E-state index in [1.165, 1.54) is 9.75 Å². The average Bonchev–Trinajstić information content (AvgIpc) is 3.22. The molecule has 142 valence electrons. The smallest absolute Gasteiger partial charge is 0.241 e. The first kappa shape index (κ1) is 18.8. The molecule has 28 heavy (non-hydrogen) atoms. The second kappa shape index (κ2) is 7.14. The minimum atomic E-state index is -0.367. The van der Waals surface area contributed by atoms with Crippen LogP contribution in [0.1, 0.15) is 26.8 Å². The minimum absolute atomic E-state index is 0.0922. The number of hydrogen-bond acceptors (Lipinski definition) is 5. The van der Waals surface area contributed by atoms with Crippen molar-refractivity contribution in [1.29, 1.82) is 0 Å². The SMILES string of the molecule is [C-]#[N+]C1=C(N)Oc2n[nH]c(-c3cc(C)sc3C)c2C1c1ccc(OC)c(I)c1. The Kier molecular flexibility index (Phi) is 4.81. The molecular formula is C20H17IN4O2S. The number of nitrogens with zero attached hydrogens (tertiary/aromatic N) is 2. The Morgan fingerprint density at radius 3 is 2.75 bits per heavy atom. The summed E-state index contributed by atoms with van der Waals surface area (Å²) in [5.74, 6) is 0.928. The summed E-state index contributed by atoms with van der Waals surface area (Å²) in [6.07, 6.45) is 0. The van der Waals surface area contributed by atoms with Crippen molar-refractivity contribution in [2.45, 2.75) is 19.8 Å². The van der Waals surface area contributed by atoms with Gasteiger partial charge in [-0.15, -0.1) is 16.4 Å². The number of H-pyrrole nitrogens is 1. The summed E-state index contributed by atoms with van der Waals surface area (Å²) in [4.78, 5) is 6.10. The van der Waals surface area contributed by atoms with Gasteiger partial charge in [0.25, 0.3) is 0 Å². The fourth-order valence-corrected chi connectivity index (χ4v) is 5.20. The number of ether oxygens (including phenoxy) is 2. The lowest BCUT2D eigenvalue weighted by Crippen LogP contribution is -2.20. The number of benzene rings is 1. The van der Waals surface area contributed by atoms with Crippen LogP contribution in [0.25, 0.3) is 16.1 Å². The molecule has 0 saturated heterocycles. The second-order valence-corrected chi connectivity index (χ2v) is 9.06. The molecule has 1 unspecified atom stereocenters. The maximum atomic E-state index is 7.71. The lowest BCUT2D eigenvalue weighted by Gasteiger charge is -2.24. The van der Waals surface area contributed by atoms with Gasteiger partial charge in [-0.05, 0) is 60.2 Å². The first-order valence-corrected chi connectivity index (χ1v) is 10.4. The van der Waals surface area contributed by atoms with Crippen LogP contribution in [0, 0.1) is 24.0 Å². The molecule has 1 aromatic carbocycles. The van der Waals surface area contributed by atoms with Crippen molar-refractivity contribution in [2.24, 2.45) is 5.73 Å². The minimum Gasteiger partial charge on any atom is -0.496 e. The number of rotatable bonds is 3. The van der Waals surface area contributed by atoms with E-state index in [1.807, 2.05) is 18.2 Å². The number of halogens is 1. The lowest BCUT2D eigenvalue weighted by molar-refractivity contribution is 0.378. The van der Waals surface area contributed by atoms with E-state index >= 15 is 0 Å². The van der Waals surface area contributed by atoms with E-state index in [2.05, 4.69) is 57.5 Å². The summed E-state index contributed by atoms with van der Waals surface area (Å²) >= 11 is 3.96. The van der Waals surface area contributed by atoms with E-state index in [9.17, 15) is 0 Å². The molecule has 2 aromatic heterocycles. The summed E-state index contributed by atoms with van der Waals surface area (Å²) < 4.78 is 12.0. The van der Waals surface area contributed by atoms with Gasteiger partial charge in [-0.3, -0.25) is 5.10 Å². The molecule has 0 radical (unpaired) electrons. The largest absolute Gasteiger partial charge is 0.496 e. The molecule has 3 N–H and O–H groups in total. The third-order valence-corrected chi connectivity index (χ3v) is 6.54. The fraction of sp³-hybridized carbons (Fsp3) is 0.200. The van der Waals surface area contributed by atoms with E-state index in [0.29, 0.717) is 11.6 Å². The number of thiophene rings is 1. The fourth-order valence-electron chi connectivity index (χ4n) is 3.51. The molecule has 0 bridgehead atoms. The Morgan fingerprint density at radius 1 is 1.36 bits per heavy atom. The van der Waals surface area contributed by atoms with Crippen LogP contribution < -0.4 is 15.2 Å². The zero-order chi connectivity index (χ0) is 20.0. The van der Waals surface area contributed by atoms with Crippen molar-refractivity contribution in [3.63, 3.8) is 0 Å². The van der Waals surface area contributed by atoms with Crippen LogP contribution in [-0.4, -0.2) is 17.3 Å². The number of allylic oxidation sites excluding steroid dienone is 1. The van der Waals surface area contributed by atoms with Gasteiger partial charge in [0, 0.05) is 20.9 Å². The third-order valence-electron chi connectivity index (χ3n) is 4.73. The quantitative estimate of drug-likeness (QED) is 0.392. The van der Waals surface area contributed by atoms with Crippen molar-refractivity contribution in [3.8, 4) is 22.9 Å². The second-order valence-electron chi connectivity index (χ2n) is 6.43. The number of aryl methyl sites for hydroxylation is 2. The number of nitrogens with two attached hydrogens (primary N) is 1. The molecule has 1 aliphatic heterocycles. The lowest BCUT2D eigenvalue weighted by atomic mass is 9.86. The highest BCUT2D eigenvalue weighted by molar-refractivity contribution is 14.1. The van der Waals surface area contributed by atoms with Crippen LogP contribution in [-0.2, 0) is 0 Å². The molecule has 4 rings (SSSR count). The van der Waals surface area contributed by atoms with Gasteiger partial charge in [-0.2, -0.15) is 0 Å². The molecule has 8 heteroatoms. The van der Waals surface area contributed by atoms with Gasteiger partial charge in [0.15, 0.2) is 5.88 Å². The molecule has 0 amide bonds. The maximum Gasteiger partial charge on any atom is 0.241 e. The number of nitrogens with one attached hydrogen (secondary N) is 1. The molecule has 6 nitrogen and oxygen atoms in total. The predicted molar refractivity (Wildman–Crippen MR) is 117 cm³/mol. The van der Waals surface area contributed by atoms with Crippen LogP contribution in [0.2, 0.25) is 0 Å². The van der Waals surface area contributed by atoms with Gasteiger partial charge in [-0.1, -0.05) is 6.07 Å². The molecular weight excluding hydrogens is 487 g/mol. The number of methoxy groups -OCH3 is 1. The molecule has 3 heterocycles. The summed E-state index contributed by atoms with van der Waals surface area (Å²) in [5, 5.41) is 7.46. The van der Waals surface area contributed by atoms with Crippen molar-refractivity contribution in [3.05, 3.63) is 71.7 Å². The molecule has 0 spiro atoms. The zero-order valence-corrected chi connectivity index (χ0v) is 18.4. The Bertz CT molecular complexity index is 1160. The molecule has 3 aromatic rings. The number of aromatic nitrogens is 2. The van der Waals surface area contributed by atoms with Gasteiger partial charge < -0.3 is 15.2 Å². The average molecular weight is 504 g/mol. The topological polar surface area (TPSA) is 77.5 Å². The van der Waals surface area contributed by atoms with Gasteiger partial charge in [0.1, 0.15) is 5.75 Å². The van der Waals surface area contributed by atoms with E-state index in [0.717, 1.165) is 31.7 Å². The Morgan fingerprint density at radius 2 is 2.14 bits per heavy atom. The van der Waals surface area contributed by atoms with E-state index in [-0.39, 0.29) is 11.8 Å². The number of fused-ring (bicyclic) bond motifs is 1. The standard InChI is InChI=1S/C20H17IN4O2S/c1-9-7-12(10(2)28-9)17-16-15(11-5-6-14(26-4)13(21)8-11)18(23-3)19(22)27-20(16)25-24-17/h5-8,15H,22H2,1-2,4H3,(H,24,25). The molecule has 0 saturated carbocycles. The maximum absolute atomic E-state index is 7.71. The van der Waals surface area contributed by atoms with Crippen LogP contribution in [0.15, 0.2) is 35.8 Å². The molecule has 1 aliphatic rings. The number of aromatic amines is 1. The summed E-state index contributed by atoms with van der Waals surface area (Å²) in [5.41, 5.74) is 10.1. The monoisotopic (exact) mass is 504 g/mol. The summed E-state index contributed by atoms with van der Waals surface area (Å²) in [7, 11) is 1.64. The molecule has 1 atom stereocenters. The first-order chi connectivity index (χ1) is 13.4. The van der Waals surface area contributed by atoms with E-state index in [1.54, 1.807) is 18.4 Å². The third kappa shape index (κ3) is 2.95. The van der Waals surface area contributed by atoms with Gasteiger partial charge in [0.2, 0.25) is 11.6 Å². The van der Waals surface area contributed by atoms with Crippen LogP contribution >= 0.6 is 33.9 Å². The van der Waals surface area contributed by atoms with Gasteiger partial charge in [-0.25, -0.2) is 4.85 Å². The van der Waals surface area contributed by atoms with Crippen LogP contribution in [0.5, 0.6) is 11.6 Å². The number of hydrogen-bond donors (Lipinski definition) is 2.